The minimum atomic E-state index is -3.28. The second kappa shape index (κ2) is 5.87. The summed E-state index contributed by atoms with van der Waals surface area (Å²) in [6.45, 7) is 4.02. The zero-order chi connectivity index (χ0) is 13.1. The number of rotatable bonds is 5. The third kappa shape index (κ3) is 3.71. The van der Waals surface area contributed by atoms with E-state index in [-0.39, 0.29) is 16.6 Å². The second-order valence-electron chi connectivity index (χ2n) is 4.15. The van der Waals surface area contributed by atoms with Crippen molar-refractivity contribution in [2.24, 2.45) is 5.92 Å². The fourth-order valence-electron chi connectivity index (χ4n) is 1.73. The van der Waals surface area contributed by atoms with Crippen molar-refractivity contribution in [3.05, 3.63) is 22.7 Å². The molecule has 96 valence electrons. The first-order valence-corrected chi connectivity index (χ1v) is 8.13. The normalized spacial score (nSPS) is 12.0. The molecule has 0 radical (unpaired) electrons. The van der Waals surface area contributed by atoms with Gasteiger partial charge in [0.05, 0.1) is 16.3 Å². The highest BCUT2D eigenvalue weighted by Gasteiger charge is 2.21. The van der Waals surface area contributed by atoms with E-state index < -0.39 is 9.84 Å². The molecular weight excluding hydrogens is 302 g/mol. The molecule has 0 unspecified atom stereocenters. The average molecular weight is 320 g/mol. The lowest BCUT2D eigenvalue weighted by atomic mass is 10.1. The van der Waals surface area contributed by atoms with E-state index in [4.69, 9.17) is 5.73 Å². The summed E-state index contributed by atoms with van der Waals surface area (Å²) in [5, 5.41) is 0. The van der Waals surface area contributed by atoms with Crippen LogP contribution in [0.15, 0.2) is 27.6 Å². The summed E-state index contributed by atoms with van der Waals surface area (Å²) in [6.07, 6.45) is 1.73. The van der Waals surface area contributed by atoms with Gasteiger partial charge in [-0.2, -0.15) is 0 Å². The van der Waals surface area contributed by atoms with Crippen LogP contribution in [0.2, 0.25) is 0 Å². The largest absolute Gasteiger partial charge is 0.398 e. The van der Waals surface area contributed by atoms with Crippen LogP contribution >= 0.6 is 15.9 Å². The van der Waals surface area contributed by atoms with Gasteiger partial charge in [-0.1, -0.05) is 42.6 Å². The van der Waals surface area contributed by atoms with Crippen LogP contribution in [0, 0.1) is 5.92 Å². The van der Waals surface area contributed by atoms with E-state index in [1.54, 1.807) is 18.2 Å². The number of sulfone groups is 1. The number of hydrogen-bond acceptors (Lipinski definition) is 3. The highest BCUT2D eigenvalue weighted by Crippen LogP contribution is 2.26. The molecule has 17 heavy (non-hydrogen) atoms. The molecule has 1 aromatic rings. The highest BCUT2D eigenvalue weighted by atomic mass is 79.9. The number of hydrogen-bond donors (Lipinski definition) is 1. The predicted octanol–water partition coefficient (Wildman–Crippen LogP) is 3.24. The van der Waals surface area contributed by atoms with Gasteiger partial charge in [0.2, 0.25) is 0 Å². The molecule has 0 aliphatic carbocycles. The Morgan fingerprint density at radius 2 is 1.88 bits per heavy atom. The summed E-state index contributed by atoms with van der Waals surface area (Å²) < 4.78 is 25.2. The summed E-state index contributed by atoms with van der Waals surface area (Å²) >= 11 is 3.27. The molecular formula is C12H18BrNO2S. The Morgan fingerprint density at radius 1 is 1.29 bits per heavy atom. The van der Waals surface area contributed by atoms with Crippen molar-refractivity contribution in [3.8, 4) is 0 Å². The van der Waals surface area contributed by atoms with Crippen molar-refractivity contribution in [2.45, 2.75) is 31.6 Å². The maximum absolute atomic E-state index is 12.2. The Labute approximate surface area is 111 Å². The lowest BCUT2D eigenvalue weighted by molar-refractivity contribution is 0.523. The second-order valence-corrected chi connectivity index (χ2v) is 7.06. The monoisotopic (exact) mass is 319 g/mol. The van der Waals surface area contributed by atoms with Gasteiger partial charge in [0, 0.05) is 4.47 Å². The maximum Gasteiger partial charge on any atom is 0.180 e. The fourth-order valence-corrected chi connectivity index (χ4v) is 4.07. The summed E-state index contributed by atoms with van der Waals surface area (Å²) in [7, 11) is -3.28. The van der Waals surface area contributed by atoms with Crippen LogP contribution in [0.25, 0.3) is 0 Å². The van der Waals surface area contributed by atoms with Crippen molar-refractivity contribution in [1.29, 1.82) is 0 Å². The molecule has 0 fully saturated rings. The first-order valence-electron chi connectivity index (χ1n) is 5.68. The molecule has 1 rings (SSSR count). The molecule has 0 spiro atoms. The number of halogens is 1. The minimum Gasteiger partial charge on any atom is -0.398 e. The van der Waals surface area contributed by atoms with Gasteiger partial charge in [0.25, 0.3) is 0 Å². The van der Waals surface area contributed by atoms with Gasteiger partial charge in [-0.15, -0.1) is 0 Å². The Hall–Kier alpha value is -0.550. The minimum absolute atomic E-state index is 0.172. The van der Waals surface area contributed by atoms with E-state index in [1.807, 2.05) is 13.8 Å². The SMILES string of the molecule is CCC(CC)CS(=O)(=O)c1ccc(Br)cc1N. The highest BCUT2D eigenvalue weighted by molar-refractivity contribution is 9.10. The first kappa shape index (κ1) is 14.5. The third-order valence-electron chi connectivity index (χ3n) is 2.92. The molecule has 0 saturated heterocycles. The van der Waals surface area contributed by atoms with Crippen LogP contribution in [0.5, 0.6) is 0 Å². The average Bonchev–Trinajstić information content (AvgIpc) is 2.25. The van der Waals surface area contributed by atoms with Crippen LogP contribution in [0.3, 0.4) is 0 Å². The van der Waals surface area contributed by atoms with Crippen molar-refractivity contribution < 1.29 is 8.42 Å². The molecule has 0 heterocycles. The van der Waals surface area contributed by atoms with E-state index in [9.17, 15) is 8.42 Å². The van der Waals surface area contributed by atoms with E-state index in [0.717, 1.165) is 17.3 Å². The van der Waals surface area contributed by atoms with Crippen molar-refractivity contribution >= 4 is 31.5 Å². The summed E-state index contributed by atoms with van der Waals surface area (Å²) in [5.74, 6) is 0.370. The quantitative estimate of drug-likeness (QED) is 0.847. The smallest absolute Gasteiger partial charge is 0.180 e. The van der Waals surface area contributed by atoms with Gasteiger partial charge in [-0.05, 0) is 24.1 Å². The lowest BCUT2D eigenvalue weighted by Crippen LogP contribution is -2.16. The van der Waals surface area contributed by atoms with Crippen LogP contribution in [-0.2, 0) is 9.84 Å². The molecule has 5 heteroatoms. The van der Waals surface area contributed by atoms with Crippen molar-refractivity contribution in [2.75, 3.05) is 11.5 Å². The molecule has 0 aliphatic rings. The molecule has 1 aromatic carbocycles. The molecule has 0 bridgehead atoms. The number of anilines is 1. The molecule has 0 aromatic heterocycles. The molecule has 3 nitrogen and oxygen atoms in total. The predicted molar refractivity (Wildman–Crippen MR) is 74.7 cm³/mol. The molecule has 0 aliphatic heterocycles. The van der Waals surface area contributed by atoms with E-state index in [0.29, 0.717) is 5.69 Å². The van der Waals surface area contributed by atoms with Crippen molar-refractivity contribution in [1.82, 2.24) is 0 Å². The molecule has 2 N–H and O–H groups in total. The fraction of sp³-hybridized carbons (Fsp3) is 0.500. The van der Waals surface area contributed by atoms with Crippen LogP contribution in [0.1, 0.15) is 26.7 Å². The Bertz CT molecular complexity index is 481. The van der Waals surface area contributed by atoms with E-state index in [1.165, 1.54) is 0 Å². The van der Waals surface area contributed by atoms with Crippen LogP contribution in [0.4, 0.5) is 5.69 Å². The van der Waals surface area contributed by atoms with Crippen LogP contribution < -0.4 is 5.73 Å². The lowest BCUT2D eigenvalue weighted by Gasteiger charge is -2.14. The topological polar surface area (TPSA) is 60.2 Å². The molecule has 0 saturated carbocycles. The third-order valence-corrected chi connectivity index (χ3v) is 5.36. The molecule has 0 amide bonds. The van der Waals surface area contributed by atoms with Gasteiger partial charge in [-0.25, -0.2) is 8.42 Å². The number of nitrogens with two attached hydrogens (primary N) is 1. The van der Waals surface area contributed by atoms with Gasteiger partial charge < -0.3 is 5.73 Å². The van der Waals surface area contributed by atoms with Gasteiger partial charge >= 0.3 is 0 Å². The first-order chi connectivity index (χ1) is 7.90. The Kier molecular flexibility index (Phi) is 5.01. The Balaban J connectivity index is 3.05. The number of nitrogen functional groups attached to an aromatic ring is 1. The van der Waals surface area contributed by atoms with Gasteiger partial charge in [-0.3, -0.25) is 0 Å². The zero-order valence-electron chi connectivity index (χ0n) is 10.1. The maximum atomic E-state index is 12.2. The van der Waals surface area contributed by atoms with Gasteiger partial charge in [0.15, 0.2) is 9.84 Å². The molecule has 0 atom stereocenters. The van der Waals surface area contributed by atoms with Crippen molar-refractivity contribution in [3.63, 3.8) is 0 Å². The van der Waals surface area contributed by atoms with E-state index in [2.05, 4.69) is 15.9 Å². The van der Waals surface area contributed by atoms with Gasteiger partial charge in [0.1, 0.15) is 0 Å². The van der Waals surface area contributed by atoms with E-state index >= 15 is 0 Å². The summed E-state index contributed by atoms with van der Waals surface area (Å²) in [6, 6.07) is 4.90. The Morgan fingerprint density at radius 3 is 2.35 bits per heavy atom. The van der Waals surface area contributed by atoms with Crippen LogP contribution in [-0.4, -0.2) is 14.2 Å². The number of benzene rings is 1. The zero-order valence-corrected chi connectivity index (χ0v) is 12.5. The standard InChI is InChI=1S/C12H18BrNO2S/c1-3-9(4-2)8-17(15,16)12-6-5-10(13)7-11(12)14/h5-7,9H,3-4,8,14H2,1-2H3. The summed E-state index contributed by atoms with van der Waals surface area (Å²) in [5.41, 5.74) is 6.07. The summed E-state index contributed by atoms with van der Waals surface area (Å²) in [4.78, 5) is 0.243.